The molecule has 0 spiro atoms. The average molecular weight is 394 g/mol. The average Bonchev–Trinajstić information content (AvgIpc) is 2.63. The molecule has 0 saturated carbocycles. The Labute approximate surface area is 160 Å². The van der Waals surface area contributed by atoms with Crippen molar-refractivity contribution in [2.24, 2.45) is 5.73 Å². The van der Waals surface area contributed by atoms with Gasteiger partial charge >= 0.3 is 0 Å². The van der Waals surface area contributed by atoms with Crippen molar-refractivity contribution in [2.45, 2.75) is 6.54 Å². The molecule has 6 nitrogen and oxygen atoms in total. The molecule has 0 aromatic heterocycles. The van der Waals surface area contributed by atoms with Crippen LogP contribution in [0.1, 0.15) is 26.3 Å². The van der Waals surface area contributed by atoms with Crippen LogP contribution >= 0.6 is 23.2 Å². The highest BCUT2D eigenvalue weighted by Crippen LogP contribution is 2.25. The molecule has 3 N–H and O–H groups in total. The van der Waals surface area contributed by atoms with E-state index < -0.39 is 11.8 Å². The Morgan fingerprint density at radius 3 is 2.54 bits per heavy atom. The van der Waals surface area contributed by atoms with Crippen molar-refractivity contribution >= 4 is 47.0 Å². The molecular weight excluding hydrogens is 377 g/mol. The van der Waals surface area contributed by atoms with E-state index in [0.717, 1.165) is 5.56 Å². The summed E-state index contributed by atoms with van der Waals surface area (Å²) in [5.74, 6) is -0.889. The maximum absolute atomic E-state index is 12.9. The van der Waals surface area contributed by atoms with Gasteiger partial charge < -0.3 is 16.0 Å². The van der Waals surface area contributed by atoms with Crippen molar-refractivity contribution in [1.29, 1.82) is 0 Å². The first-order valence-electron chi connectivity index (χ1n) is 7.65. The third-order valence-electron chi connectivity index (χ3n) is 3.65. The molecule has 0 bridgehead atoms. The lowest BCUT2D eigenvalue weighted by Crippen LogP contribution is -2.29. The predicted molar refractivity (Wildman–Crippen MR) is 102 cm³/mol. The fourth-order valence-corrected chi connectivity index (χ4v) is 2.71. The molecule has 0 heterocycles. The zero-order chi connectivity index (χ0) is 19.3. The van der Waals surface area contributed by atoms with Crippen molar-refractivity contribution in [3.63, 3.8) is 0 Å². The summed E-state index contributed by atoms with van der Waals surface area (Å²) >= 11 is 11.9. The molecule has 0 fully saturated rings. The number of nitrogens with one attached hydrogen (secondary N) is 1. The number of amides is 2. The molecule has 2 rings (SSSR count). The van der Waals surface area contributed by atoms with E-state index in [2.05, 4.69) is 5.32 Å². The largest absolute Gasteiger partial charge is 0.337 e. The van der Waals surface area contributed by atoms with Gasteiger partial charge in [0.15, 0.2) is 6.29 Å². The zero-order valence-corrected chi connectivity index (χ0v) is 15.5. The molecule has 0 unspecified atom stereocenters. The number of carbonyl (C=O) groups is 3. The van der Waals surface area contributed by atoms with Crippen LogP contribution in [-0.2, 0) is 11.3 Å². The van der Waals surface area contributed by atoms with Gasteiger partial charge in [0.1, 0.15) is 0 Å². The highest BCUT2D eigenvalue weighted by atomic mass is 35.5. The van der Waals surface area contributed by atoms with Gasteiger partial charge in [-0.1, -0.05) is 41.4 Å². The van der Waals surface area contributed by atoms with Crippen molar-refractivity contribution < 1.29 is 14.4 Å². The van der Waals surface area contributed by atoms with Gasteiger partial charge in [0.25, 0.3) is 5.91 Å². The minimum atomic E-state index is -0.464. The van der Waals surface area contributed by atoms with Crippen LogP contribution in [0, 0.1) is 0 Å². The van der Waals surface area contributed by atoms with E-state index in [1.807, 2.05) is 0 Å². The summed E-state index contributed by atoms with van der Waals surface area (Å²) in [5, 5.41) is 3.34. The Morgan fingerprint density at radius 2 is 1.92 bits per heavy atom. The molecule has 2 aromatic rings. The molecule has 26 heavy (non-hydrogen) atoms. The molecule has 2 aromatic carbocycles. The summed E-state index contributed by atoms with van der Waals surface area (Å²) in [7, 11) is 1.58. The fourth-order valence-electron chi connectivity index (χ4n) is 2.39. The van der Waals surface area contributed by atoms with E-state index in [9.17, 15) is 14.4 Å². The number of hydrogen-bond acceptors (Lipinski definition) is 4. The second-order valence-corrected chi connectivity index (χ2v) is 6.36. The van der Waals surface area contributed by atoms with Gasteiger partial charge in [0, 0.05) is 19.2 Å². The second kappa shape index (κ2) is 8.80. The predicted octanol–water partition coefficient (Wildman–Crippen LogP) is 2.98. The summed E-state index contributed by atoms with van der Waals surface area (Å²) in [6.45, 7) is 0.00521. The molecule has 0 aliphatic heterocycles. The molecule has 0 radical (unpaired) electrons. The third-order valence-corrected chi connectivity index (χ3v) is 4.39. The topological polar surface area (TPSA) is 92.5 Å². The van der Waals surface area contributed by atoms with Gasteiger partial charge in [-0.05, 0) is 23.8 Å². The second-order valence-electron chi connectivity index (χ2n) is 5.55. The molecule has 2 amide bonds. The standard InChI is InChI=1S/C18H17Cl2N3O3/c1-23(9-11-5-6-13(19)14(20)7-11)18(26)17-12(10-24)3-2-4-15(17)22-16(25)8-21/h2-7,10H,8-9,21H2,1H3,(H,22,25). The van der Waals surface area contributed by atoms with E-state index in [4.69, 9.17) is 28.9 Å². The minimum absolute atomic E-state index is 0.104. The van der Waals surface area contributed by atoms with E-state index in [0.29, 0.717) is 16.3 Å². The van der Waals surface area contributed by atoms with Crippen molar-refractivity contribution in [3.05, 3.63) is 63.1 Å². The smallest absolute Gasteiger partial charge is 0.256 e. The van der Waals surface area contributed by atoms with Crippen LogP contribution in [-0.4, -0.2) is 36.6 Å². The van der Waals surface area contributed by atoms with Gasteiger partial charge in [0.2, 0.25) is 5.91 Å². The maximum atomic E-state index is 12.9. The van der Waals surface area contributed by atoms with Gasteiger partial charge in [-0.3, -0.25) is 14.4 Å². The van der Waals surface area contributed by atoms with Crippen LogP contribution in [0.15, 0.2) is 36.4 Å². The summed E-state index contributed by atoms with van der Waals surface area (Å²) in [6, 6.07) is 9.68. The Morgan fingerprint density at radius 1 is 1.19 bits per heavy atom. The lowest BCUT2D eigenvalue weighted by molar-refractivity contribution is -0.114. The minimum Gasteiger partial charge on any atom is -0.337 e. The molecule has 8 heteroatoms. The first-order valence-corrected chi connectivity index (χ1v) is 8.40. The van der Waals surface area contributed by atoms with Crippen molar-refractivity contribution in [3.8, 4) is 0 Å². The van der Waals surface area contributed by atoms with Gasteiger partial charge in [0.05, 0.1) is 27.8 Å². The number of halogens is 2. The monoisotopic (exact) mass is 393 g/mol. The first kappa shape index (κ1) is 19.9. The summed E-state index contributed by atoms with van der Waals surface area (Å²) < 4.78 is 0. The number of nitrogens with zero attached hydrogens (tertiary/aromatic N) is 1. The number of carbonyl (C=O) groups excluding carboxylic acids is 3. The first-order chi connectivity index (χ1) is 12.4. The van der Waals surface area contributed by atoms with Crippen LogP contribution in [0.4, 0.5) is 5.69 Å². The highest BCUT2D eigenvalue weighted by Gasteiger charge is 2.21. The van der Waals surface area contributed by atoms with Gasteiger partial charge in [-0.25, -0.2) is 0 Å². The highest BCUT2D eigenvalue weighted by molar-refractivity contribution is 6.42. The van der Waals surface area contributed by atoms with Crippen LogP contribution < -0.4 is 11.1 Å². The van der Waals surface area contributed by atoms with Crippen molar-refractivity contribution in [2.75, 3.05) is 18.9 Å². The number of nitrogens with two attached hydrogens (primary N) is 1. The molecule has 0 aliphatic rings. The molecule has 0 atom stereocenters. The molecule has 0 saturated heterocycles. The van der Waals surface area contributed by atoms with Crippen LogP contribution in [0.25, 0.3) is 0 Å². The normalized spacial score (nSPS) is 10.3. The van der Waals surface area contributed by atoms with Crippen LogP contribution in [0.3, 0.4) is 0 Å². The van der Waals surface area contributed by atoms with Crippen LogP contribution in [0.2, 0.25) is 10.0 Å². The van der Waals surface area contributed by atoms with Gasteiger partial charge in [-0.15, -0.1) is 0 Å². The summed E-state index contributed by atoms with van der Waals surface area (Å²) in [5.41, 5.74) is 6.58. The van der Waals surface area contributed by atoms with E-state index in [1.54, 1.807) is 37.4 Å². The summed E-state index contributed by atoms with van der Waals surface area (Å²) in [4.78, 5) is 37.3. The number of aldehydes is 1. The Balaban J connectivity index is 2.33. The molecule has 0 aliphatic carbocycles. The quantitative estimate of drug-likeness (QED) is 0.737. The maximum Gasteiger partial charge on any atom is 0.256 e. The van der Waals surface area contributed by atoms with Gasteiger partial charge in [-0.2, -0.15) is 0 Å². The van der Waals surface area contributed by atoms with Crippen molar-refractivity contribution in [1.82, 2.24) is 4.90 Å². The van der Waals surface area contributed by atoms with E-state index in [-0.39, 0.29) is 29.9 Å². The number of hydrogen-bond donors (Lipinski definition) is 2. The van der Waals surface area contributed by atoms with Crippen LogP contribution in [0.5, 0.6) is 0 Å². The third kappa shape index (κ3) is 4.60. The SMILES string of the molecule is CN(Cc1ccc(Cl)c(Cl)c1)C(=O)c1c(C=O)cccc1NC(=O)CN. The Bertz CT molecular complexity index is 856. The molecular formula is C18H17Cl2N3O3. The van der Waals surface area contributed by atoms with E-state index in [1.165, 1.54) is 11.0 Å². The summed E-state index contributed by atoms with van der Waals surface area (Å²) in [6.07, 6.45) is 0.568. The number of rotatable bonds is 6. The van der Waals surface area contributed by atoms with E-state index >= 15 is 0 Å². The fraction of sp³-hybridized carbons (Fsp3) is 0.167. The zero-order valence-electron chi connectivity index (χ0n) is 14.0. The number of benzene rings is 2. The lowest BCUT2D eigenvalue weighted by Gasteiger charge is -2.20. The Hall–Kier alpha value is -2.41. The lowest BCUT2D eigenvalue weighted by atomic mass is 10.0. The Kier molecular flexibility index (Phi) is 6.74. The molecule has 136 valence electrons. The number of anilines is 1.